The van der Waals surface area contributed by atoms with Crippen molar-refractivity contribution in [1.82, 2.24) is 10.2 Å². The van der Waals surface area contributed by atoms with Gasteiger partial charge in [0.1, 0.15) is 0 Å². The molecule has 2 aliphatic rings. The minimum absolute atomic E-state index is 0.0890. The number of rotatable bonds is 5. The Kier molecular flexibility index (Phi) is 1.99. The quantitative estimate of drug-likeness (QED) is 0.796. The average molecular weight is 401 g/mol. The first-order chi connectivity index (χ1) is 20.8. The SMILES string of the molecule is [2H]C1([2H])N(c2cccc(C)c2Cl)C([2H])([2H])C([2H])([2H])N(C([2H])([2H])C([2H])([2H])C2([2H])C([2H])([2H])C([2H])([2H])C([2H])(NC(N)=O)C([2H])([2H])C2([2H])[2H])C1([2H])[2H]. The molecule has 3 N–H and O–H groups in total. The third-order valence-corrected chi connectivity index (χ3v) is 3.62. The fourth-order valence-corrected chi connectivity index (χ4v) is 2.12. The van der Waals surface area contributed by atoms with Gasteiger partial charge in [0.2, 0.25) is 0 Å². The predicted octanol–water partition coefficient (Wildman–Crippen LogP) is 3.39. The molecule has 1 saturated heterocycles. The highest BCUT2D eigenvalue weighted by atomic mass is 35.5. The number of nitrogens with two attached hydrogens (primary N) is 1. The van der Waals surface area contributed by atoms with E-state index in [1.807, 2.05) is 0 Å². The standard InChI is InChI=1S/C20H31ClN4O/c1-15-3-2-4-18(19(15)21)25-13-11-24(12-14-25)10-9-16-5-7-17(8-6-16)23-20(22)26/h2-4,16-17H,5-14H2,1H3,(H3,22,23,26)/i5D2,6D2,7D2,8D2,9D2,10D2,11D2,12D2,13D2,14D2,16D,17D. The average Bonchev–Trinajstić information content (AvgIpc) is 2.87. The first kappa shape index (κ1) is 5.77. The van der Waals surface area contributed by atoms with E-state index in [-0.39, 0.29) is 15.5 Å². The van der Waals surface area contributed by atoms with Gasteiger partial charge in [-0.15, -0.1) is 0 Å². The van der Waals surface area contributed by atoms with E-state index in [1.165, 1.54) is 24.4 Å². The molecule has 0 radical (unpaired) electrons. The molecule has 0 aromatic heterocycles. The Morgan fingerprint density at radius 3 is 2.69 bits per heavy atom. The van der Waals surface area contributed by atoms with Crippen molar-refractivity contribution in [3.05, 3.63) is 28.8 Å². The molecule has 1 aromatic rings. The Morgan fingerprint density at radius 2 is 2.04 bits per heavy atom. The Hall–Kier alpha value is -1.46. The zero-order chi connectivity index (χ0) is 38.3. The second-order valence-electron chi connectivity index (χ2n) is 5.00. The fourth-order valence-electron chi connectivity index (χ4n) is 1.91. The van der Waals surface area contributed by atoms with Gasteiger partial charge in [0.25, 0.3) is 0 Å². The number of piperazine rings is 1. The van der Waals surface area contributed by atoms with Crippen molar-refractivity contribution in [3.63, 3.8) is 0 Å². The van der Waals surface area contributed by atoms with Crippen LogP contribution in [-0.4, -0.2) is 49.4 Å². The van der Waals surface area contributed by atoms with Gasteiger partial charge >= 0.3 is 6.03 Å². The third-order valence-electron chi connectivity index (χ3n) is 3.13. The molecule has 26 heavy (non-hydrogen) atoms. The monoisotopic (exact) mass is 400 g/mol. The number of nitrogens with zero attached hydrogens (tertiary/aromatic N) is 2. The number of carbonyl (C=O) groups is 1. The molecule has 0 spiro atoms. The summed E-state index contributed by atoms with van der Waals surface area (Å²) in [5.41, 5.74) is 4.49. The Balaban J connectivity index is 2.45. The molecule has 6 heteroatoms. The topological polar surface area (TPSA) is 61.6 Å². The highest BCUT2D eigenvalue weighted by Gasteiger charge is 2.24. The molecule has 0 bridgehead atoms. The molecule has 1 saturated carbocycles. The van der Waals surface area contributed by atoms with Crippen molar-refractivity contribution in [2.24, 2.45) is 11.6 Å². The Labute approximate surface area is 192 Å². The summed E-state index contributed by atoms with van der Waals surface area (Å²) in [4.78, 5) is 10.6. The van der Waals surface area contributed by atoms with Crippen LogP contribution >= 0.6 is 11.6 Å². The van der Waals surface area contributed by atoms with Crippen LogP contribution in [0.25, 0.3) is 0 Å². The molecular weight excluding hydrogens is 348 g/mol. The van der Waals surface area contributed by atoms with Crippen LogP contribution < -0.4 is 16.0 Å². The highest BCUT2D eigenvalue weighted by molar-refractivity contribution is 6.34. The van der Waals surface area contributed by atoms with Gasteiger partial charge in [-0.3, -0.25) is 4.90 Å². The van der Waals surface area contributed by atoms with Crippen LogP contribution in [0.3, 0.4) is 0 Å². The van der Waals surface area contributed by atoms with Crippen molar-refractivity contribution in [2.45, 2.75) is 44.8 Å². The third kappa shape index (κ3) is 5.04. The smallest absolute Gasteiger partial charge is 0.312 e. The van der Waals surface area contributed by atoms with Gasteiger partial charge in [0.15, 0.2) is 0 Å². The molecule has 0 atom stereocenters. The minimum Gasteiger partial charge on any atom is -0.368 e. The molecule has 144 valence electrons. The molecule has 1 aromatic carbocycles. The van der Waals surface area contributed by atoms with E-state index in [4.69, 9.17) is 47.5 Å². The predicted molar refractivity (Wildman–Crippen MR) is 108 cm³/mol. The lowest BCUT2D eigenvalue weighted by Crippen LogP contribution is -2.47. The van der Waals surface area contributed by atoms with Gasteiger partial charge < -0.3 is 16.0 Å². The van der Waals surface area contributed by atoms with E-state index >= 15 is 0 Å². The summed E-state index contributed by atoms with van der Waals surface area (Å²) in [6.45, 7) is -19.8. The van der Waals surface area contributed by atoms with E-state index < -0.39 is 92.9 Å². The first-order valence-electron chi connectivity index (χ1n) is 18.3. The zero-order valence-electron chi connectivity index (χ0n) is 35.5. The van der Waals surface area contributed by atoms with E-state index in [0.29, 0.717) is 0 Å². The van der Waals surface area contributed by atoms with Gasteiger partial charge in [-0.25, -0.2) is 4.79 Å². The Morgan fingerprint density at radius 1 is 1.35 bits per heavy atom. The zero-order valence-corrected chi connectivity index (χ0v) is 14.2. The number of hydrogen-bond acceptors (Lipinski definition) is 3. The molecule has 0 unspecified atom stereocenters. The number of halogens is 1. The number of primary amides is 1. The summed E-state index contributed by atoms with van der Waals surface area (Å²) in [5.74, 6) is -4.84. The lowest BCUT2D eigenvalue weighted by molar-refractivity contribution is 0.207. The number of nitrogens with one attached hydrogen (secondary N) is 1. The molecule has 1 aliphatic carbocycles. The number of benzene rings is 1. The van der Waals surface area contributed by atoms with Gasteiger partial charge in [-0.1, -0.05) is 23.7 Å². The molecule has 2 fully saturated rings. The van der Waals surface area contributed by atoms with Crippen LogP contribution in [-0.2, 0) is 0 Å². The second-order valence-corrected chi connectivity index (χ2v) is 5.38. The summed E-state index contributed by atoms with van der Waals surface area (Å²) in [6.07, 6.45) is -22.9. The number of aryl methyl sites for hydroxylation is 1. The minimum atomic E-state index is -4.90. The summed E-state index contributed by atoms with van der Waals surface area (Å²) in [5, 5.41) is 0.864. The van der Waals surface area contributed by atoms with Crippen LogP contribution in [0, 0.1) is 12.8 Å². The maximum absolute atomic E-state index is 11.7. The number of amides is 2. The van der Waals surface area contributed by atoms with Crippen molar-refractivity contribution < 1.29 is 35.0 Å². The Bertz CT molecular complexity index is 1440. The van der Waals surface area contributed by atoms with Crippen LogP contribution in [0.5, 0.6) is 0 Å². The molecule has 1 heterocycles. The summed E-state index contributed by atoms with van der Waals surface area (Å²) in [7, 11) is 0. The van der Waals surface area contributed by atoms with Crippen molar-refractivity contribution in [3.8, 4) is 0 Å². The number of hydrogen-bond donors (Lipinski definition) is 2. The lowest BCUT2D eigenvalue weighted by Gasteiger charge is -2.37. The normalized spacial score (nSPS) is 59.2. The number of urea groups is 1. The van der Waals surface area contributed by atoms with E-state index in [0.717, 1.165) is 6.07 Å². The van der Waals surface area contributed by atoms with Gasteiger partial charge in [-0.05, 0) is 62.8 Å². The maximum atomic E-state index is 11.7. The van der Waals surface area contributed by atoms with E-state index in [1.54, 1.807) is 0 Å². The molecule has 1 aliphatic heterocycles. The van der Waals surface area contributed by atoms with Crippen molar-refractivity contribution in [2.75, 3.05) is 37.4 Å². The van der Waals surface area contributed by atoms with Crippen LogP contribution in [0.15, 0.2) is 18.2 Å². The number of carbonyl (C=O) groups excluding carboxylic acids is 1. The second kappa shape index (κ2) is 8.96. The van der Waals surface area contributed by atoms with Gasteiger partial charge in [0.05, 0.1) is 17.6 Å². The van der Waals surface area contributed by atoms with Gasteiger partial charge in [0, 0.05) is 55.3 Å². The van der Waals surface area contributed by atoms with Gasteiger partial charge in [-0.2, -0.15) is 0 Å². The molecular formula is C20H31ClN4O. The van der Waals surface area contributed by atoms with Crippen LogP contribution in [0.2, 0.25) is 5.02 Å². The summed E-state index contributed by atoms with van der Waals surface area (Å²) >= 11 is 6.26. The number of anilines is 1. The highest BCUT2D eigenvalue weighted by Crippen LogP contribution is 2.30. The summed E-state index contributed by atoms with van der Waals surface area (Å²) in [6, 6.07) is -2.36. The van der Waals surface area contributed by atoms with E-state index in [2.05, 4.69) is 0 Å². The van der Waals surface area contributed by atoms with Crippen molar-refractivity contribution >= 4 is 23.3 Å². The largest absolute Gasteiger partial charge is 0.368 e. The molecule has 3 rings (SSSR count). The van der Waals surface area contributed by atoms with Crippen molar-refractivity contribution in [1.29, 1.82) is 0 Å². The van der Waals surface area contributed by atoms with E-state index in [9.17, 15) is 4.79 Å². The maximum Gasteiger partial charge on any atom is 0.312 e. The van der Waals surface area contributed by atoms with Crippen LogP contribution in [0.4, 0.5) is 10.5 Å². The molecule has 2 amide bonds. The fraction of sp³-hybridized carbons (Fsp3) is 0.650. The first-order valence-corrected chi connectivity index (χ1v) is 7.65. The van der Waals surface area contributed by atoms with Crippen LogP contribution in [0.1, 0.15) is 67.6 Å². The molecule has 5 nitrogen and oxygen atoms in total. The summed E-state index contributed by atoms with van der Waals surface area (Å²) < 4.78 is 189. The lowest BCUT2D eigenvalue weighted by atomic mass is 9.84.